The van der Waals surface area contributed by atoms with Crippen LogP contribution in [-0.4, -0.2) is 41.0 Å². The molecule has 1 saturated heterocycles. The summed E-state index contributed by atoms with van der Waals surface area (Å²) in [6, 6.07) is 6.27. The largest absolute Gasteiger partial charge is 0.394 e. The standard InChI is InChI=1S/C13H15ClN2O3/c14-9-3-5-10(6-4-9)15-12(18)13(19)16-7-1-2-11(16)8-17/h3-6,11,17H,1-2,7-8H2,(H,15,18)/t11-/m1/s1. The van der Waals surface area contributed by atoms with E-state index in [2.05, 4.69) is 5.32 Å². The Labute approximate surface area is 116 Å². The SMILES string of the molecule is O=C(Nc1ccc(Cl)cc1)C(=O)N1CCC[C@@H]1CO. The quantitative estimate of drug-likeness (QED) is 0.803. The van der Waals surface area contributed by atoms with E-state index in [0.717, 1.165) is 12.8 Å². The van der Waals surface area contributed by atoms with Crippen LogP contribution < -0.4 is 5.32 Å². The summed E-state index contributed by atoms with van der Waals surface area (Å²) < 4.78 is 0. The molecule has 5 nitrogen and oxygen atoms in total. The third-order valence-corrected chi connectivity index (χ3v) is 3.40. The molecule has 0 unspecified atom stereocenters. The molecule has 6 heteroatoms. The van der Waals surface area contributed by atoms with Gasteiger partial charge in [-0.1, -0.05) is 11.6 Å². The average Bonchev–Trinajstić information content (AvgIpc) is 2.88. The Morgan fingerprint density at radius 1 is 1.37 bits per heavy atom. The van der Waals surface area contributed by atoms with Gasteiger partial charge in [0.2, 0.25) is 0 Å². The molecule has 0 spiro atoms. The van der Waals surface area contributed by atoms with Gasteiger partial charge in [-0.05, 0) is 37.1 Å². The summed E-state index contributed by atoms with van der Waals surface area (Å²) in [5.41, 5.74) is 0.516. The van der Waals surface area contributed by atoms with Crippen molar-refractivity contribution in [3.8, 4) is 0 Å². The molecule has 0 saturated carbocycles. The van der Waals surface area contributed by atoms with Crippen LogP contribution in [0.4, 0.5) is 5.69 Å². The van der Waals surface area contributed by atoms with Crippen molar-refractivity contribution in [3.05, 3.63) is 29.3 Å². The fourth-order valence-electron chi connectivity index (χ4n) is 2.14. The average molecular weight is 283 g/mol. The van der Waals surface area contributed by atoms with Crippen LogP contribution >= 0.6 is 11.6 Å². The van der Waals surface area contributed by atoms with E-state index in [1.807, 2.05) is 0 Å². The molecule has 0 aromatic heterocycles. The van der Waals surface area contributed by atoms with Crippen LogP contribution in [-0.2, 0) is 9.59 Å². The Balaban J connectivity index is 1.99. The second-order valence-electron chi connectivity index (χ2n) is 4.44. The molecule has 1 aromatic rings. The monoisotopic (exact) mass is 282 g/mol. The lowest BCUT2D eigenvalue weighted by Gasteiger charge is -2.22. The van der Waals surface area contributed by atoms with Crippen molar-refractivity contribution in [2.45, 2.75) is 18.9 Å². The first-order valence-corrected chi connectivity index (χ1v) is 6.48. The van der Waals surface area contributed by atoms with Gasteiger partial charge in [-0.25, -0.2) is 0 Å². The maximum Gasteiger partial charge on any atom is 0.313 e. The van der Waals surface area contributed by atoms with Gasteiger partial charge < -0.3 is 15.3 Å². The molecule has 2 amide bonds. The third kappa shape index (κ3) is 3.24. The van der Waals surface area contributed by atoms with Crippen molar-refractivity contribution in [2.75, 3.05) is 18.5 Å². The number of nitrogens with zero attached hydrogens (tertiary/aromatic N) is 1. The summed E-state index contributed by atoms with van der Waals surface area (Å²) in [5, 5.41) is 12.2. The van der Waals surface area contributed by atoms with Gasteiger partial charge in [-0.2, -0.15) is 0 Å². The fourth-order valence-corrected chi connectivity index (χ4v) is 2.27. The number of rotatable bonds is 2. The zero-order valence-electron chi connectivity index (χ0n) is 10.3. The number of benzene rings is 1. The zero-order valence-corrected chi connectivity index (χ0v) is 11.1. The lowest BCUT2D eigenvalue weighted by Crippen LogP contribution is -2.43. The molecule has 19 heavy (non-hydrogen) atoms. The number of anilines is 1. The molecule has 1 atom stereocenters. The molecule has 0 radical (unpaired) electrons. The van der Waals surface area contributed by atoms with Crippen LogP contribution in [0.25, 0.3) is 0 Å². The minimum Gasteiger partial charge on any atom is -0.394 e. The molecule has 1 aliphatic heterocycles. The number of carbonyl (C=O) groups excluding carboxylic acids is 2. The first-order valence-electron chi connectivity index (χ1n) is 6.10. The highest BCUT2D eigenvalue weighted by molar-refractivity contribution is 6.39. The number of halogens is 1. The molecular formula is C13H15ClN2O3. The van der Waals surface area contributed by atoms with Crippen LogP contribution in [0, 0.1) is 0 Å². The maximum absolute atomic E-state index is 12.0. The van der Waals surface area contributed by atoms with Gasteiger partial charge in [0.05, 0.1) is 12.6 Å². The zero-order chi connectivity index (χ0) is 13.8. The van der Waals surface area contributed by atoms with E-state index in [4.69, 9.17) is 16.7 Å². The number of amides is 2. The number of aliphatic hydroxyl groups excluding tert-OH is 1. The molecule has 102 valence electrons. The lowest BCUT2D eigenvalue weighted by molar-refractivity contribution is -0.144. The van der Waals surface area contributed by atoms with Crippen LogP contribution in [0.2, 0.25) is 5.02 Å². The lowest BCUT2D eigenvalue weighted by atomic mass is 10.2. The van der Waals surface area contributed by atoms with Gasteiger partial charge in [-0.15, -0.1) is 0 Å². The summed E-state index contributed by atoms with van der Waals surface area (Å²) in [7, 11) is 0. The Bertz CT molecular complexity index is 475. The number of hydrogen-bond donors (Lipinski definition) is 2. The molecule has 0 aliphatic carbocycles. The van der Waals surface area contributed by atoms with Gasteiger partial charge in [0.25, 0.3) is 0 Å². The minimum atomic E-state index is -0.692. The molecule has 1 aliphatic rings. The predicted octanol–water partition coefficient (Wildman–Crippen LogP) is 1.26. The van der Waals surface area contributed by atoms with Crippen LogP contribution in [0.3, 0.4) is 0 Å². The molecule has 1 aromatic carbocycles. The summed E-state index contributed by atoms with van der Waals surface area (Å²) in [4.78, 5) is 25.2. The third-order valence-electron chi connectivity index (χ3n) is 3.15. The highest BCUT2D eigenvalue weighted by Crippen LogP contribution is 2.18. The van der Waals surface area contributed by atoms with Crippen molar-refractivity contribution in [2.24, 2.45) is 0 Å². The molecule has 0 bridgehead atoms. The van der Waals surface area contributed by atoms with E-state index in [0.29, 0.717) is 17.3 Å². The number of hydrogen-bond acceptors (Lipinski definition) is 3. The molecular weight excluding hydrogens is 268 g/mol. The number of aliphatic hydroxyl groups is 1. The van der Waals surface area contributed by atoms with E-state index in [1.165, 1.54) is 4.90 Å². The van der Waals surface area contributed by atoms with E-state index < -0.39 is 11.8 Å². The minimum absolute atomic E-state index is 0.111. The second-order valence-corrected chi connectivity index (χ2v) is 4.87. The smallest absolute Gasteiger partial charge is 0.313 e. The van der Waals surface area contributed by atoms with Gasteiger partial charge in [-0.3, -0.25) is 9.59 Å². The first-order chi connectivity index (χ1) is 9.11. The normalized spacial score (nSPS) is 18.4. The molecule has 1 fully saturated rings. The van der Waals surface area contributed by atoms with Gasteiger partial charge in [0.1, 0.15) is 0 Å². The highest BCUT2D eigenvalue weighted by atomic mass is 35.5. The van der Waals surface area contributed by atoms with E-state index in [-0.39, 0.29) is 12.6 Å². The Morgan fingerprint density at radius 2 is 2.05 bits per heavy atom. The van der Waals surface area contributed by atoms with Crippen molar-refractivity contribution in [1.29, 1.82) is 0 Å². The van der Waals surface area contributed by atoms with Gasteiger partial charge in [0, 0.05) is 17.3 Å². The van der Waals surface area contributed by atoms with Crippen LogP contribution in [0.5, 0.6) is 0 Å². The van der Waals surface area contributed by atoms with Gasteiger partial charge in [0.15, 0.2) is 0 Å². The van der Waals surface area contributed by atoms with E-state index in [1.54, 1.807) is 24.3 Å². The number of carbonyl (C=O) groups is 2. The topological polar surface area (TPSA) is 69.6 Å². The highest BCUT2D eigenvalue weighted by Gasteiger charge is 2.31. The predicted molar refractivity (Wildman–Crippen MR) is 71.9 cm³/mol. The molecule has 2 N–H and O–H groups in total. The summed E-state index contributed by atoms with van der Waals surface area (Å²) in [6.45, 7) is 0.401. The first kappa shape index (κ1) is 13.8. The Kier molecular flexibility index (Phi) is 4.39. The summed E-state index contributed by atoms with van der Waals surface area (Å²) in [5.74, 6) is -1.30. The summed E-state index contributed by atoms with van der Waals surface area (Å²) in [6.07, 6.45) is 1.54. The van der Waals surface area contributed by atoms with Crippen LogP contribution in [0.15, 0.2) is 24.3 Å². The van der Waals surface area contributed by atoms with Crippen LogP contribution in [0.1, 0.15) is 12.8 Å². The van der Waals surface area contributed by atoms with Crippen molar-refractivity contribution in [1.82, 2.24) is 4.90 Å². The number of nitrogens with one attached hydrogen (secondary N) is 1. The Morgan fingerprint density at radius 3 is 2.68 bits per heavy atom. The van der Waals surface area contributed by atoms with E-state index >= 15 is 0 Å². The second kappa shape index (κ2) is 6.04. The maximum atomic E-state index is 12.0. The van der Waals surface area contributed by atoms with Crippen molar-refractivity contribution >= 4 is 29.1 Å². The van der Waals surface area contributed by atoms with E-state index in [9.17, 15) is 9.59 Å². The van der Waals surface area contributed by atoms with Crippen molar-refractivity contribution in [3.63, 3.8) is 0 Å². The Hall–Kier alpha value is -1.59. The van der Waals surface area contributed by atoms with Crippen molar-refractivity contribution < 1.29 is 14.7 Å². The van der Waals surface area contributed by atoms with Gasteiger partial charge >= 0.3 is 11.8 Å². The fraction of sp³-hybridized carbons (Fsp3) is 0.385. The molecule has 1 heterocycles. The number of likely N-dealkylation sites (tertiary alicyclic amines) is 1. The summed E-state index contributed by atoms with van der Waals surface area (Å²) >= 11 is 5.74. The molecule has 2 rings (SSSR count).